The van der Waals surface area contributed by atoms with Crippen molar-refractivity contribution in [2.45, 2.75) is 32.6 Å². The van der Waals surface area contributed by atoms with E-state index in [1.54, 1.807) is 11.8 Å². The smallest absolute Gasteiger partial charge is 0.416 e. The average Bonchev–Trinajstić information content (AvgIpc) is 3.25. The minimum Gasteiger partial charge on any atom is -0.465 e. The Morgan fingerprint density at radius 3 is 2.48 bits per heavy atom. The number of carbonyl (C=O) groups is 2. The van der Waals surface area contributed by atoms with Gasteiger partial charge in [0.1, 0.15) is 6.54 Å². The molecule has 1 aromatic heterocycles. The maximum atomic E-state index is 12.9. The standard InChI is InChI=1S/C23H21F3N4O3/c1-2-33-21(31)14-30-13-20(27-28-30)22(32)29-10-9-16-3-4-17(11-18(16)12-29)15-5-7-19(8-6-15)23(24,25)26/h3-8,11,13H,2,9-10,12,14H2,1H3. The first-order chi connectivity index (χ1) is 15.7. The Bertz CT molecular complexity index is 1170. The summed E-state index contributed by atoms with van der Waals surface area (Å²) in [5.74, 6) is -0.778. The van der Waals surface area contributed by atoms with Gasteiger partial charge in [-0.1, -0.05) is 29.5 Å². The average molecular weight is 458 g/mol. The van der Waals surface area contributed by atoms with E-state index in [2.05, 4.69) is 10.3 Å². The summed E-state index contributed by atoms with van der Waals surface area (Å²) >= 11 is 0. The Labute approximate surface area is 187 Å². The molecule has 2 heterocycles. The summed E-state index contributed by atoms with van der Waals surface area (Å²) < 4.78 is 44.6. The fraction of sp³-hybridized carbons (Fsp3) is 0.304. The lowest BCUT2D eigenvalue weighted by atomic mass is 9.94. The van der Waals surface area contributed by atoms with E-state index >= 15 is 0 Å². The van der Waals surface area contributed by atoms with E-state index in [0.717, 1.165) is 28.8 Å². The molecule has 4 rings (SSSR count). The number of hydrogen-bond donors (Lipinski definition) is 0. The van der Waals surface area contributed by atoms with Gasteiger partial charge in [-0.25, -0.2) is 4.68 Å². The van der Waals surface area contributed by atoms with Crippen LogP contribution in [0.2, 0.25) is 0 Å². The third-order valence-electron chi connectivity index (χ3n) is 5.41. The van der Waals surface area contributed by atoms with Crippen LogP contribution in [0.4, 0.5) is 13.2 Å². The summed E-state index contributed by atoms with van der Waals surface area (Å²) in [4.78, 5) is 26.1. The zero-order valence-electron chi connectivity index (χ0n) is 17.8. The molecule has 0 bridgehead atoms. The summed E-state index contributed by atoms with van der Waals surface area (Å²) in [5.41, 5.74) is 2.87. The van der Waals surface area contributed by atoms with E-state index in [0.29, 0.717) is 25.1 Å². The zero-order chi connectivity index (χ0) is 23.6. The second kappa shape index (κ2) is 9.05. The van der Waals surface area contributed by atoms with Crippen LogP contribution in [0.5, 0.6) is 0 Å². The molecule has 33 heavy (non-hydrogen) atoms. The van der Waals surface area contributed by atoms with E-state index in [1.165, 1.54) is 23.0 Å². The lowest BCUT2D eigenvalue weighted by Crippen LogP contribution is -2.36. The van der Waals surface area contributed by atoms with Crippen LogP contribution in [0.15, 0.2) is 48.7 Å². The van der Waals surface area contributed by atoms with Crippen molar-refractivity contribution >= 4 is 11.9 Å². The number of amides is 1. The minimum atomic E-state index is -4.38. The SMILES string of the molecule is CCOC(=O)Cn1cc(C(=O)N2CCc3ccc(-c4ccc(C(F)(F)F)cc4)cc3C2)nn1. The molecule has 0 aliphatic carbocycles. The maximum absolute atomic E-state index is 12.9. The van der Waals surface area contributed by atoms with Crippen molar-refractivity contribution in [3.63, 3.8) is 0 Å². The molecule has 0 saturated carbocycles. The Morgan fingerprint density at radius 1 is 1.06 bits per heavy atom. The van der Waals surface area contributed by atoms with Gasteiger partial charge in [0.05, 0.1) is 18.4 Å². The van der Waals surface area contributed by atoms with Crippen molar-refractivity contribution in [1.29, 1.82) is 0 Å². The van der Waals surface area contributed by atoms with Crippen molar-refractivity contribution in [1.82, 2.24) is 19.9 Å². The number of hydrogen-bond acceptors (Lipinski definition) is 5. The normalized spacial score (nSPS) is 13.5. The number of benzene rings is 2. The Kier molecular flexibility index (Phi) is 6.17. The molecule has 0 spiro atoms. The summed E-state index contributed by atoms with van der Waals surface area (Å²) in [5, 5.41) is 7.69. The topological polar surface area (TPSA) is 77.3 Å². The van der Waals surface area contributed by atoms with Crippen molar-refractivity contribution in [2.75, 3.05) is 13.2 Å². The molecule has 10 heteroatoms. The van der Waals surface area contributed by atoms with Crippen LogP contribution in [0, 0.1) is 0 Å². The van der Waals surface area contributed by atoms with E-state index in [9.17, 15) is 22.8 Å². The van der Waals surface area contributed by atoms with E-state index in [-0.39, 0.29) is 24.8 Å². The largest absolute Gasteiger partial charge is 0.465 e. The van der Waals surface area contributed by atoms with Crippen LogP contribution in [-0.4, -0.2) is 44.9 Å². The number of carbonyl (C=O) groups excluding carboxylic acids is 2. The van der Waals surface area contributed by atoms with Crippen LogP contribution in [0.3, 0.4) is 0 Å². The monoisotopic (exact) mass is 458 g/mol. The summed E-state index contributed by atoms with van der Waals surface area (Å²) in [6.07, 6.45) is -2.33. The van der Waals surface area contributed by atoms with Gasteiger partial charge in [0, 0.05) is 13.1 Å². The van der Waals surface area contributed by atoms with E-state index in [4.69, 9.17) is 4.74 Å². The molecular weight excluding hydrogens is 437 g/mol. The molecule has 0 fully saturated rings. The molecule has 0 N–H and O–H groups in total. The Morgan fingerprint density at radius 2 is 1.79 bits per heavy atom. The first-order valence-corrected chi connectivity index (χ1v) is 10.4. The third-order valence-corrected chi connectivity index (χ3v) is 5.41. The molecular formula is C23H21F3N4O3. The highest BCUT2D eigenvalue weighted by Crippen LogP contribution is 2.32. The van der Waals surface area contributed by atoms with Gasteiger partial charge in [0.2, 0.25) is 0 Å². The lowest BCUT2D eigenvalue weighted by molar-refractivity contribution is -0.144. The van der Waals surface area contributed by atoms with Crippen molar-refractivity contribution < 1.29 is 27.5 Å². The third kappa shape index (κ3) is 5.05. The summed E-state index contributed by atoms with van der Waals surface area (Å²) in [6.45, 7) is 2.66. The van der Waals surface area contributed by atoms with Crippen LogP contribution in [-0.2, 0) is 35.2 Å². The van der Waals surface area contributed by atoms with Crippen molar-refractivity contribution in [3.8, 4) is 11.1 Å². The zero-order valence-corrected chi connectivity index (χ0v) is 17.8. The quantitative estimate of drug-likeness (QED) is 0.545. The molecule has 1 amide bonds. The summed E-state index contributed by atoms with van der Waals surface area (Å²) in [6, 6.07) is 10.7. The highest BCUT2D eigenvalue weighted by molar-refractivity contribution is 5.92. The van der Waals surface area contributed by atoms with Crippen LogP contribution >= 0.6 is 0 Å². The highest BCUT2D eigenvalue weighted by atomic mass is 19.4. The van der Waals surface area contributed by atoms with Gasteiger partial charge in [-0.2, -0.15) is 13.2 Å². The number of esters is 1. The van der Waals surface area contributed by atoms with E-state index in [1.807, 2.05) is 18.2 Å². The number of halogens is 3. The van der Waals surface area contributed by atoms with Gasteiger partial charge < -0.3 is 9.64 Å². The van der Waals surface area contributed by atoms with Crippen LogP contribution in [0.25, 0.3) is 11.1 Å². The Hall–Kier alpha value is -3.69. The lowest BCUT2D eigenvalue weighted by Gasteiger charge is -2.28. The number of rotatable bonds is 5. The van der Waals surface area contributed by atoms with Crippen LogP contribution < -0.4 is 0 Å². The molecule has 172 valence electrons. The minimum absolute atomic E-state index is 0.127. The molecule has 1 aliphatic rings. The fourth-order valence-corrected chi connectivity index (χ4v) is 3.74. The van der Waals surface area contributed by atoms with Crippen molar-refractivity contribution in [3.05, 3.63) is 71.0 Å². The first-order valence-electron chi connectivity index (χ1n) is 10.4. The first kappa shape index (κ1) is 22.5. The fourth-order valence-electron chi connectivity index (χ4n) is 3.74. The van der Waals surface area contributed by atoms with Crippen molar-refractivity contribution in [2.24, 2.45) is 0 Å². The molecule has 0 saturated heterocycles. The van der Waals surface area contributed by atoms with Gasteiger partial charge in [0.25, 0.3) is 5.91 Å². The molecule has 3 aromatic rings. The van der Waals surface area contributed by atoms with Crippen LogP contribution in [0.1, 0.15) is 34.1 Å². The molecule has 0 atom stereocenters. The number of ether oxygens (including phenoxy) is 1. The number of aromatic nitrogens is 3. The molecule has 1 aliphatic heterocycles. The van der Waals surface area contributed by atoms with Gasteiger partial charge in [-0.05, 0) is 53.8 Å². The molecule has 0 radical (unpaired) electrons. The maximum Gasteiger partial charge on any atom is 0.416 e. The summed E-state index contributed by atoms with van der Waals surface area (Å²) in [7, 11) is 0. The second-order valence-corrected chi connectivity index (χ2v) is 7.64. The molecule has 0 unspecified atom stereocenters. The predicted molar refractivity (Wildman–Crippen MR) is 112 cm³/mol. The second-order valence-electron chi connectivity index (χ2n) is 7.64. The molecule has 7 nitrogen and oxygen atoms in total. The van der Waals surface area contributed by atoms with Gasteiger partial charge in [0.15, 0.2) is 5.69 Å². The van der Waals surface area contributed by atoms with Gasteiger partial charge >= 0.3 is 12.1 Å². The number of fused-ring (bicyclic) bond motifs is 1. The van der Waals surface area contributed by atoms with Gasteiger partial charge in [-0.3, -0.25) is 9.59 Å². The number of nitrogens with zero attached hydrogens (tertiary/aromatic N) is 4. The van der Waals surface area contributed by atoms with Gasteiger partial charge in [-0.15, -0.1) is 5.10 Å². The Balaban J connectivity index is 1.48. The highest BCUT2D eigenvalue weighted by Gasteiger charge is 2.30. The van der Waals surface area contributed by atoms with E-state index < -0.39 is 17.7 Å². The predicted octanol–water partition coefficient (Wildman–Crippen LogP) is 3.73. The molecule has 2 aromatic carbocycles. The number of alkyl halides is 3.